The molecule has 0 bridgehead atoms. The Balaban J connectivity index is 2.17. The number of pyridine rings is 1. The summed E-state index contributed by atoms with van der Waals surface area (Å²) in [5.41, 5.74) is 9.03. The van der Waals surface area contributed by atoms with Crippen molar-refractivity contribution in [2.45, 2.75) is 32.9 Å². The summed E-state index contributed by atoms with van der Waals surface area (Å²) < 4.78 is 11.2. The number of aromatic nitrogens is 1. The second kappa shape index (κ2) is 7.09. The standard InChI is InChI=1S/C17H22N2O2/c1-12-5-4-8-19-16(12)11-21-17-7-6-15(20-3)10-14(17)9-13(2)18/h4-8,10,13H,9,11,18H2,1-3H3. The van der Waals surface area contributed by atoms with Gasteiger partial charge in [-0.05, 0) is 55.7 Å². The normalized spacial score (nSPS) is 12.0. The number of ether oxygens (including phenoxy) is 2. The third kappa shape index (κ3) is 4.20. The second-order valence-electron chi connectivity index (χ2n) is 5.21. The van der Waals surface area contributed by atoms with Crippen LogP contribution in [0.5, 0.6) is 11.5 Å². The van der Waals surface area contributed by atoms with Crippen LogP contribution in [0.15, 0.2) is 36.5 Å². The lowest BCUT2D eigenvalue weighted by Gasteiger charge is -2.15. The van der Waals surface area contributed by atoms with Gasteiger partial charge in [0.25, 0.3) is 0 Å². The van der Waals surface area contributed by atoms with Gasteiger partial charge in [-0.1, -0.05) is 6.07 Å². The van der Waals surface area contributed by atoms with E-state index in [9.17, 15) is 0 Å². The van der Waals surface area contributed by atoms with Crippen LogP contribution >= 0.6 is 0 Å². The Labute approximate surface area is 125 Å². The van der Waals surface area contributed by atoms with E-state index < -0.39 is 0 Å². The molecule has 1 unspecified atom stereocenters. The van der Waals surface area contributed by atoms with E-state index in [0.29, 0.717) is 6.61 Å². The summed E-state index contributed by atoms with van der Waals surface area (Å²) in [4.78, 5) is 4.34. The molecular weight excluding hydrogens is 264 g/mol. The van der Waals surface area contributed by atoms with E-state index in [2.05, 4.69) is 4.98 Å². The Morgan fingerprint density at radius 1 is 1.29 bits per heavy atom. The second-order valence-corrected chi connectivity index (χ2v) is 5.21. The number of benzene rings is 1. The lowest BCUT2D eigenvalue weighted by Crippen LogP contribution is -2.18. The molecule has 2 rings (SSSR count). The Kier molecular flexibility index (Phi) is 5.17. The summed E-state index contributed by atoms with van der Waals surface area (Å²) in [7, 11) is 1.66. The van der Waals surface area contributed by atoms with Crippen molar-refractivity contribution in [3.63, 3.8) is 0 Å². The van der Waals surface area contributed by atoms with E-state index in [1.807, 2.05) is 44.2 Å². The maximum absolute atomic E-state index is 5.93. The van der Waals surface area contributed by atoms with Gasteiger partial charge in [0.2, 0.25) is 0 Å². The maximum Gasteiger partial charge on any atom is 0.130 e. The predicted molar refractivity (Wildman–Crippen MR) is 83.7 cm³/mol. The highest BCUT2D eigenvalue weighted by molar-refractivity contribution is 5.41. The molecular formula is C17H22N2O2. The molecule has 2 N–H and O–H groups in total. The Bertz CT molecular complexity index is 597. The van der Waals surface area contributed by atoms with Crippen molar-refractivity contribution in [1.29, 1.82) is 0 Å². The van der Waals surface area contributed by atoms with Crippen LogP contribution in [0, 0.1) is 6.92 Å². The molecule has 1 aromatic carbocycles. The average Bonchev–Trinajstić information content (AvgIpc) is 2.46. The fourth-order valence-electron chi connectivity index (χ4n) is 2.15. The quantitative estimate of drug-likeness (QED) is 0.887. The number of hydrogen-bond acceptors (Lipinski definition) is 4. The van der Waals surface area contributed by atoms with E-state index in [-0.39, 0.29) is 6.04 Å². The van der Waals surface area contributed by atoms with Crippen molar-refractivity contribution in [3.05, 3.63) is 53.3 Å². The van der Waals surface area contributed by atoms with E-state index in [1.54, 1.807) is 13.3 Å². The average molecular weight is 286 g/mol. The first-order valence-electron chi connectivity index (χ1n) is 7.06. The van der Waals surface area contributed by atoms with Crippen molar-refractivity contribution in [1.82, 2.24) is 4.98 Å². The van der Waals surface area contributed by atoms with Crippen LogP contribution in [-0.2, 0) is 13.0 Å². The van der Waals surface area contributed by atoms with Gasteiger partial charge in [0.15, 0.2) is 0 Å². The molecule has 112 valence electrons. The number of nitrogens with two attached hydrogens (primary N) is 1. The molecule has 0 saturated heterocycles. The van der Waals surface area contributed by atoms with Crippen molar-refractivity contribution in [3.8, 4) is 11.5 Å². The van der Waals surface area contributed by atoms with Crippen LogP contribution in [0.1, 0.15) is 23.7 Å². The van der Waals surface area contributed by atoms with Gasteiger partial charge in [-0.2, -0.15) is 0 Å². The maximum atomic E-state index is 5.93. The van der Waals surface area contributed by atoms with E-state index in [1.165, 1.54) is 0 Å². The summed E-state index contributed by atoms with van der Waals surface area (Å²) >= 11 is 0. The number of rotatable bonds is 6. The zero-order valence-electron chi connectivity index (χ0n) is 12.8. The van der Waals surface area contributed by atoms with Crippen molar-refractivity contribution >= 4 is 0 Å². The summed E-state index contributed by atoms with van der Waals surface area (Å²) in [5, 5.41) is 0. The molecule has 0 aliphatic heterocycles. The molecule has 1 atom stereocenters. The zero-order valence-corrected chi connectivity index (χ0v) is 12.8. The van der Waals surface area contributed by atoms with Crippen LogP contribution in [0.4, 0.5) is 0 Å². The van der Waals surface area contributed by atoms with Gasteiger partial charge in [-0.3, -0.25) is 4.98 Å². The fourth-order valence-corrected chi connectivity index (χ4v) is 2.15. The molecule has 0 radical (unpaired) electrons. The Hall–Kier alpha value is -2.07. The van der Waals surface area contributed by atoms with Crippen LogP contribution in [-0.4, -0.2) is 18.1 Å². The first-order valence-corrected chi connectivity index (χ1v) is 7.06. The highest BCUT2D eigenvalue weighted by atomic mass is 16.5. The first-order chi connectivity index (χ1) is 10.1. The molecule has 21 heavy (non-hydrogen) atoms. The van der Waals surface area contributed by atoms with Gasteiger partial charge in [0.05, 0.1) is 12.8 Å². The van der Waals surface area contributed by atoms with Gasteiger partial charge < -0.3 is 15.2 Å². The van der Waals surface area contributed by atoms with Gasteiger partial charge in [-0.15, -0.1) is 0 Å². The third-order valence-corrected chi connectivity index (χ3v) is 3.29. The lowest BCUT2D eigenvalue weighted by molar-refractivity contribution is 0.296. The molecule has 1 heterocycles. The predicted octanol–water partition coefficient (Wildman–Crippen LogP) is 2.87. The minimum Gasteiger partial charge on any atom is -0.497 e. The number of aryl methyl sites for hydroxylation is 1. The monoisotopic (exact) mass is 286 g/mol. The van der Waals surface area contributed by atoms with Gasteiger partial charge in [0, 0.05) is 12.2 Å². The molecule has 0 saturated carbocycles. The number of nitrogens with zero attached hydrogens (tertiary/aromatic N) is 1. The van der Waals surface area contributed by atoms with Crippen LogP contribution in [0.3, 0.4) is 0 Å². The van der Waals surface area contributed by atoms with Gasteiger partial charge >= 0.3 is 0 Å². The summed E-state index contributed by atoms with van der Waals surface area (Å²) in [6.45, 7) is 4.46. The van der Waals surface area contributed by atoms with Crippen LogP contribution in [0.2, 0.25) is 0 Å². The van der Waals surface area contributed by atoms with Crippen LogP contribution < -0.4 is 15.2 Å². The van der Waals surface area contributed by atoms with Gasteiger partial charge in [0.1, 0.15) is 18.1 Å². The molecule has 1 aromatic heterocycles. The summed E-state index contributed by atoms with van der Waals surface area (Å²) in [6.07, 6.45) is 2.52. The molecule has 0 amide bonds. The SMILES string of the molecule is COc1ccc(OCc2ncccc2C)c(CC(C)N)c1. The zero-order chi connectivity index (χ0) is 15.2. The molecule has 0 fully saturated rings. The van der Waals surface area contributed by atoms with Crippen LogP contribution in [0.25, 0.3) is 0 Å². The first kappa shape index (κ1) is 15.3. The molecule has 0 aliphatic carbocycles. The third-order valence-electron chi connectivity index (χ3n) is 3.29. The topological polar surface area (TPSA) is 57.4 Å². The fraction of sp³-hybridized carbons (Fsp3) is 0.353. The summed E-state index contributed by atoms with van der Waals surface area (Å²) in [6, 6.07) is 9.82. The molecule has 0 aliphatic rings. The minimum absolute atomic E-state index is 0.0658. The smallest absolute Gasteiger partial charge is 0.130 e. The van der Waals surface area contributed by atoms with Crippen molar-refractivity contribution in [2.75, 3.05) is 7.11 Å². The Morgan fingerprint density at radius 2 is 2.10 bits per heavy atom. The summed E-state index contributed by atoms with van der Waals surface area (Å²) in [5.74, 6) is 1.64. The molecule has 4 heteroatoms. The Morgan fingerprint density at radius 3 is 2.76 bits per heavy atom. The minimum atomic E-state index is 0.0658. The van der Waals surface area contributed by atoms with E-state index >= 15 is 0 Å². The van der Waals surface area contributed by atoms with E-state index in [0.717, 1.165) is 34.7 Å². The van der Waals surface area contributed by atoms with Crippen molar-refractivity contribution < 1.29 is 9.47 Å². The largest absolute Gasteiger partial charge is 0.497 e. The molecule has 2 aromatic rings. The molecule has 4 nitrogen and oxygen atoms in total. The van der Waals surface area contributed by atoms with E-state index in [4.69, 9.17) is 15.2 Å². The number of methoxy groups -OCH3 is 1. The van der Waals surface area contributed by atoms with Gasteiger partial charge in [-0.25, -0.2) is 0 Å². The van der Waals surface area contributed by atoms with Crippen molar-refractivity contribution in [2.24, 2.45) is 5.73 Å². The number of hydrogen-bond donors (Lipinski definition) is 1. The molecule has 0 spiro atoms. The highest BCUT2D eigenvalue weighted by Crippen LogP contribution is 2.26. The lowest BCUT2D eigenvalue weighted by atomic mass is 10.1. The highest BCUT2D eigenvalue weighted by Gasteiger charge is 2.09.